The van der Waals surface area contributed by atoms with Crippen LogP contribution in [0.1, 0.15) is 35.3 Å². The zero-order valence-electron chi connectivity index (χ0n) is 19.4. The highest BCUT2D eigenvalue weighted by molar-refractivity contribution is 5.94. The molecule has 1 aliphatic rings. The van der Waals surface area contributed by atoms with Gasteiger partial charge < -0.3 is 20.1 Å². The van der Waals surface area contributed by atoms with E-state index in [4.69, 9.17) is 20.6 Å². The fourth-order valence-electron chi connectivity index (χ4n) is 3.77. The molecule has 0 radical (unpaired) electrons. The van der Waals surface area contributed by atoms with Crippen molar-refractivity contribution in [1.29, 1.82) is 5.41 Å². The summed E-state index contributed by atoms with van der Waals surface area (Å²) in [5, 5.41) is 7.11. The lowest BCUT2D eigenvalue weighted by molar-refractivity contribution is -0.143. The van der Waals surface area contributed by atoms with E-state index in [1.807, 2.05) is 0 Å². The van der Waals surface area contributed by atoms with E-state index >= 15 is 0 Å². The third-order valence-corrected chi connectivity index (χ3v) is 5.63. The van der Waals surface area contributed by atoms with Gasteiger partial charge in [0.25, 0.3) is 5.91 Å². The molecule has 0 atom stereocenters. The number of ether oxygens (including phenoxy) is 2. The van der Waals surface area contributed by atoms with Crippen molar-refractivity contribution < 1.29 is 23.5 Å². The van der Waals surface area contributed by atoms with Crippen LogP contribution >= 0.6 is 0 Å². The van der Waals surface area contributed by atoms with Crippen molar-refractivity contribution >= 4 is 17.7 Å². The van der Waals surface area contributed by atoms with Crippen LogP contribution in [0, 0.1) is 11.2 Å². The lowest BCUT2D eigenvalue weighted by Crippen LogP contribution is -2.42. The summed E-state index contributed by atoms with van der Waals surface area (Å²) < 4.78 is 25.8. The minimum Gasteiger partial charge on any atom is -0.460 e. The van der Waals surface area contributed by atoms with Crippen molar-refractivity contribution in [2.24, 2.45) is 5.73 Å². The van der Waals surface area contributed by atoms with Gasteiger partial charge in [0, 0.05) is 61.2 Å². The Kier molecular flexibility index (Phi) is 7.79. The number of amidine groups is 1. The van der Waals surface area contributed by atoms with Crippen LogP contribution < -0.4 is 10.5 Å². The smallest absolute Gasteiger partial charge is 0.316 e. The molecular formula is C25H25FN6O4. The minimum absolute atomic E-state index is 0.104. The molecule has 36 heavy (non-hydrogen) atoms. The first-order chi connectivity index (χ1) is 17.4. The minimum atomic E-state index is -0.705. The summed E-state index contributed by atoms with van der Waals surface area (Å²) in [6.45, 7) is 0.787. The summed E-state index contributed by atoms with van der Waals surface area (Å²) in [7, 11) is 0. The molecule has 1 fully saturated rings. The van der Waals surface area contributed by atoms with Crippen molar-refractivity contribution in [2.45, 2.75) is 32.0 Å². The number of hydrogen-bond donors (Lipinski definition) is 2. The topological polar surface area (TPSA) is 144 Å². The molecule has 0 saturated carbocycles. The number of rotatable bonds is 8. The van der Waals surface area contributed by atoms with Crippen LogP contribution in [0.4, 0.5) is 4.39 Å². The average molecular weight is 493 g/mol. The molecule has 3 aromatic rings. The van der Waals surface area contributed by atoms with Gasteiger partial charge >= 0.3 is 12.0 Å². The number of carbonyl (C=O) groups is 2. The van der Waals surface area contributed by atoms with Crippen molar-refractivity contribution in [3.05, 3.63) is 72.1 Å². The molecule has 0 bridgehead atoms. The molecule has 1 aromatic carbocycles. The number of hydrogen-bond acceptors (Lipinski definition) is 8. The van der Waals surface area contributed by atoms with E-state index in [0.717, 1.165) is 0 Å². The Morgan fingerprint density at radius 3 is 2.50 bits per heavy atom. The molecule has 4 rings (SSSR count). The van der Waals surface area contributed by atoms with Crippen LogP contribution in [0.25, 0.3) is 11.1 Å². The standard InChI is InChI=1S/C25H25FN6O4/c26-23-16(15-35-22(33)12-21(27)28)4-3-5-19(23)17-13-30-25(31-14-17)36-18-7-10-32(11-8-18)24(34)20-6-1-2-9-29-20/h1-6,9,13-14,18H,7-8,10-12,15H2,(H3,27,28). The maximum Gasteiger partial charge on any atom is 0.316 e. The monoisotopic (exact) mass is 492 g/mol. The van der Waals surface area contributed by atoms with E-state index in [1.165, 1.54) is 18.5 Å². The van der Waals surface area contributed by atoms with Crippen molar-refractivity contribution in [3.8, 4) is 17.1 Å². The number of amides is 1. The molecule has 1 amide bonds. The Bertz CT molecular complexity index is 1230. The maximum atomic E-state index is 15.0. The first-order valence-electron chi connectivity index (χ1n) is 11.4. The van der Waals surface area contributed by atoms with Gasteiger partial charge in [0.1, 0.15) is 36.5 Å². The van der Waals surface area contributed by atoms with Gasteiger partial charge in [0.2, 0.25) is 0 Å². The summed E-state index contributed by atoms with van der Waals surface area (Å²) in [5.74, 6) is -1.69. The molecule has 3 N–H and O–H groups in total. The molecule has 11 heteroatoms. The number of aromatic nitrogens is 3. The molecule has 1 aliphatic heterocycles. The third-order valence-electron chi connectivity index (χ3n) is 5.63. The van der Waals surface area contributed by atoms with E-state index in [0.29, 0.717) is 37.2 Å². The van der Waals surface area contributed by atoms with Gasteiger partial charge in [-0.15, -0.1) is 0 Å². The number of nitrogens with zero attached hydrogens (tertiary/aromatic N) is 4. The molecule has 10 nitrogen and oxygen atoms in total. The molecule has 186 valence electrons. The number of halogens is 1. The number of pyridine rings is 1. The van der Waals surface area contributed by atoms with Crippen LogP contribution in [0.3, 0.4) is 0 Å². The van der Waals surface area contributed by atoms with E-state index in [-0.39, 0.29) is 48.0 Å². The number of likely N-dealkylation sites (tertiary alicyclic amines) is 1. The first-order valence-corrected chi connectivity index (χ1v) is 11.4. The Morgan fingerprint density at radius 1 is 1.08 bits per heavy atom. The summed E-state index contributed by atoms with van der Waals surface area (Å²) >= 11 is 0. The van der Waals surface area contributed by atoms with E-state index in [9.17, 15) is 14.0 Å². The van der Waals surface area contributed by atoms with Crippen LogP contribution in [0.5, 0.6) is 6.01 Å². The zero-order valence-corrected chi connectivity index (χ0v) is 19.4. The summed E-state index contributed by atoms with van der Waals surface area (Å²) in [5.41, 5.74) is 6.46. The molecule has 0 aliphatic carbocycles. The van der Waals surface area contributed by atoms with Gasteiger partial charge in [-0.2, -0.15) is 0 Å². The third kappa shape index (κ3) is 6.17. The van der Waals surface area contributed by atoms with Crippen molar-refractivity contribution in [3.63, 3.8) is 0 Å². The average Bonchev–Trinajstić information content (AvgIpc) is 2.89. The SMILES string of the molecule is N=C(N)CC(=O)OCc1cccc(-c2cnc(OC3CCN(C(=O)c4ccccn4)CC3)nc2)c1F. The molecule has 0 spiro atoms. The largest absolute Gasteiger partial charge is 0.460 e. The predicted molar refractivity (Wildman–Crippen MR) is 128 cm³/mol. The summed E-state index contributed by atoms with van der Waals surface area (Å²) in [4.78, 5) is 38.4. The number of nitrogens with one attached hydrogen (secondary N) is 1. The summed E-state index contributed by atoms with van der Waals surface area (Å²) in [6, 6.07) is 10.1. The van der Waals surface area contributed by atoms with Crippen LogP contribution in [0.15, 0.2) is 55.0 Å². The van der Waals surface area contributed by atoms with Crippen LogP contribution in [-0.4, -0.2) is 56.8 Å². The van der Waals surface area contributed by atoms with Crippen molar-refractivity contribution in [2.75, 3.05) is 13.1 Å². The lowest BCUT2D eigenvalue weighted by atomic mass is 10.1. The highest BCUT2D eigenvalue weighted by atomic mass is 19.1. The van der Waals surface area contributed by atoms with Gasteiger partial charge in [0.15, 0.2) is 0 Å². The fourth-order valence-corrected chi connectivity index (χ4v) is 3.77. The number of nitrogens with two attached hydrogens (primary N) is 1. The number of piperidine rings is 1. The number of carbonyl (C=O) groups excluding carboxylic acids is 2. The second-order valence-electron chi connectivity index (χ2n) is 8.22. The lowest BCUT2D eigenvalue weighted by Gasteiger charge is -2.31. The van der Waals surface area contributed by atoms with E-state index in [1.54, 1.807) is 41.4 Å². The molecule has 2 aromatic heterocycles. The predicted octanol–water partition coefficient (Wildman–Crippen LogP) is 2.73. The van der Waals surface area contributed by atoms with Gasteiger partial charge in [-0.3, -0.25) is 20.0 Å². The molecule has 1 saturated heterocycles. The molecule has 0 unspecified atom stereocenters. The second kappa shape index (κ2) is 11.3. The van der Waals surface area contributed by atoms with E-state index < -0.39 is 11.8 Å². The quantitative estimate of drug-likeness (QED) is 0.277. The summed E-state index contributed by atoms with van der Waals surface area (Å²) in [6.07, 6.45) is 5.28. The Hall–Kier alpha value is -4.41. The zero-order chi connectivity index (χ0) is 25.5. The first kappa shape index (κ1) is 24.7. The highest BCUT2D eigenvalue weighted by Crippen LogP contribution is 2.26. The van der Waals surface area contributed by atoms with Gasteiger partial charge in [-0.05, 0) is 12.1 Å². The molecular weight excluding hydrogens is 467 g/mol. The second-order valence-corrected chi connectivity index (χ2v) is 8.22. The van der Waals surface area contributed by atoms with Crippen LogP contribution in [0.2, 0.25) is 0 Å². The Morgan fingerprint density at radius 2 is 1.83 bits per heavy atom. The Labute approximate surface area is 206 Å². The van der Waals surface area contributed by atoms with E-state index in [2.05, 4.69) is 15.0 Å². The fraction of sp³-hybridized carbons (Fsp3) is 0.280. The highest BCUT2D eigenvalue weighted by Gasteiger charge is 2.26. The normalized spacial score (nSPS) is 13.8. The number of benzene rings is 1. The molecule has 3 heterocycles. The van der Waals surface area contributed by atoms with Gasteiger partial charge in [-0.25, -0.2) is 14.4 Å². The van der Waals surface area contributed by atoms with Crippen LogP contribution in [-0.2, 0) is 16.1 Å². The Balaban J connectivity index is 1.33. The van der Waals surface area contributed by atoms with Gasteiger partial charge in [0.05, 0.1) is 0 Å². The van der Waals surface area contributed by atoms with Crippen molar-refractivity contribution in [1.82, 2.24) is 19.9 Å². The van der Waals surface area contributed by atoms with Gasteiger partial charge in [-0.1, -0.05) is 24.3 Å². The number of esters is 1. The maximum absolute atomic E-state index is 15.0.